The van der Waals surface area contributed by atoms with Gasteiger partial charge in [-0.3, -0.25) is 4.79 Å². The van der Waals surface area contributed by atoms with Gasteiger partial charge in [0.05, 0.1) is 18.6 Å². The summed E-state index contributed by atoms with van der Waals surface area (Å²) >= 11 is 0. The highest BCUT2D eigenvalue weighted by Gasteiger charge is 2.45. The number of carbonyl (C=O) groups excluding carboxylic acids is 1. The Morgan fingerprint density at radius 3 is 2.77 bits per heavy atom. The minimum atomic E-state index is -0.317. The molecule has 0 spiro atoms. The second-order valence-corrected chi connectivity index (χ2v) is 4.31. The summed E-state index contributed by atoms with van der Waals surface area (Å²) in [4.78, 5) is 11.6. The van der Waals surface area contributed by atoms with E-state index in [1.807, 2.05) is 6.92 Å². The van der Waals surface area contributed by atoms with Crippen molar-refractivity contribution in [1.82, 2.24) is 5.32 Å². The van der Waals surface area contributed by atoms with E-state index < -0.39 is 0 Å². The lowest BCUT2D eigenvalue weighted by atomic mass is 9.87. The number of nitrogens with one attached hydrogen (secondary N) is 1. The largest absolute Gasteiger partial charge is 0.396 e. The zero-order valence-electron chi connectivity index (χ0n) is 7.75. The number of aliphatic hydroxyl groups is 1. The quantitative estimate of drug-likeness (QED) is 0.624. The zero-order chi connectivity index (χ0) is 9.47. The molecule has 13 heavy (non-hydrogen) atoms. The number of hydrogen-bond acceptors (Lipinski definition) is 3. The lowest BCUT2D eigenvalue weighted by Gasteiger charge is -2.36. The first-order chi connectivity index (χ1) is 6.15. The zero-order valence-corrected chi connectivity index (χ0v) is 7.75. The Hall–Kier alpha value is -0.610. The van der Waals surface area contributed by atoms with E-state index in [1.165, 1.54) is 0 Å². The van der Waals surface area contributed by atoms with Crippen LogP contribution in [0, 0.1) is 11.3 Å². The Kier molecular flexibility index (Phi) is 2.04. The summed E-state index contributed by atoms with van der Waals surface area (Å²) in [7, 11) is 0. The van der Waals surface area contributed by atoms with E-state index in [-0.39, 0.29) is 29.9 Å². The van der Waals surface area contributed by atoms with Crippen LogP contribution in [-0.2, 0) is 9.53 Å². The highest BCUT2D eigenvalue weighted by Crippen LogP contribution is 2.32. The summed E-state index contributed by atoms with van der Waals surface area (Å²) in [6, 6.07) is 0.204. The molecular formula is C9H15NO3. The summed E-state index contributed by atoms with van der Waals surface area (Å²) in [5.41, 5.74) is -0.317. The van der Waals surface area contributed by atoms with Crippen molar-refractivity contribution >= 4 is 5.91 Å². The van der Waals surface area contributed by atoms with Crippen molar-refractivity contribution in [3.63, 3.8) is 0 Å². The number of ether oxygens (including phenoxy) is 1. The molecular weight excluding hydrogens is 170 g/mol. The maximum absolute atomic E-state index is 11.6. The molecule has 1 saturated carbocycles. The normalized spacial score (nSPS) is 34.9. The second-order valence-electron chi connectivity index (χ2n) is 4.31. The van der Waals surface area contributed by atoms with Gasteiger partial charge in [-0.15, -0.1) is 0 Å². The fraction of sp³-hybridized carbons (Fsp3) is 0.889. The molecule has 4 heteroatoms. The van der Waals surface area contributed by atoms with Crippen molar-refractivity contribution in [1.29, 1.82) is 0 Å². The maximum Gasteiger partial charge on any atom is 0.230 e. The van der Waals surface area contributed by atoms with Crippen LogP contribution in [0.5, 0.6) is 0 Å². The first-order valence-corrected chi connectivity index (χ1v) is 4.65. The van der Waals surface area contributed by atoms with Gasteiger partial charge in [0.25, 0.3) is 0 Å². The van der Waals surface area contributed by atoms with E-state index in [2.05, 4.69) is 5.32 Å². The Morgan fingerprint density at radius 2 is 2.38 bits per heavy atom. The number of carbonyl (C=O) groups is 1. The van der Waals surface area contributed by atoms with Crippen LogP contribution >= 0.6 is 0 Å². The monoisotopic (exact) mass is 185 g/mol. The summed E-state index contributed by atoms with van der Waals surface area (Å²) in [5, 5.41) is 11.7. The smallest absolute Gasteiger partial charge is 0.230 e. The second kappa shape index (κ2) is 2.96. The van der Waals surface area contributed by atoms with Crippen molar-refractivity contribution in [3.8, 4) is 0 Å². The third-order valence-corrected chi connectivity index (χ3v) is 2.86. The van der Waals surface area contributed by atoms with E-state index in [0.717, 1.165) is 6.42 Å². The summed E-state index contributed by atoms with van der Waals surface area (Å²) in [5.74, 6) is 0.355. The SMILES string of the molecule is CC1(C(=O)N[C@@H]2C[C@H]2CO)COC1. The topological polar surface area (TPSA) is 58.6 Å². The fourth-order valence-corrected chi connectivity index (χ4v) is 1.51. The van der Waals surface area contributed by atoms with Gasteiger partial charge in [-0.1, -0.05) is 0 Å². The van der Waals surface area contributed by atoms with Gasteiger partial charge < -0.3 is 15.2 Å². The van der Waals surface area contributed by atoms with Crippen molar-refractivity contribution < 1.29 is 14.6 Å². The molecule has 2 fully saturated rings. The van der Waals surface area contributed by atoms with E-state index >= 15 is 0 Å². The average molecular weight is 185 g/mol. The first-order valence-electron chi connectivity index (χ1n) is 4.65. The van der Waals surface area contributed by atoms with Crippen LogP contribution in [0.3, 0.4) is 0 Å². The molecule has 0 radical (unpaired) electrons. The van der Waals surface area contributed by atoms with Crippen molar-refractivity contribution in [2.45, 2.75) is 19.4 Å². The third kappa shape index (κ3) is 1.56. The predicted octanol–water partition coefficient (Wildman–Crippen LogP) is -0.480. The minimum absolute atomic E-state index is 0.0692. The molecule has 0 aromatic carbocycles. The van der Waals surface area contributed by atoms with Crippen LogP contribution < -0.4 is 5.32 Å². The highest BCUT2D eigenvalue weighted by atomic mass is 16.5. The minimum Gasteiger partial charge on any atom is -0.396 e. The van der Waals surface area contributed by atoms with Crippen LogP contribution in [0.2, 0.25) is 0 Å². The molecule has 0 aromatic rings. The molecule has 0 unspecified atom stereocenters. The van der Waals surface area contributed by atoms with Gasteiger partial charge >= 0.3 is 0 Å². The molecule has 2 rings (SSSR count). The Bertz CT molecular complexity index is 225. The van der Waals surface area contributed by atoms with E-state index in [1.54, 1.807) is 0 Å². The van der Waals surface area contributed by atoms with E-state index in [9.17, 15) is 4.79 Å². The molecule has 2 atom stereocenters. The first kappa shape index (κ1) is 8.97. The molecule has 2 N–H and O–H groups in total. The Morgan fingerprint density at radius 1 is 1.69 bits per heavy atom. The van der Waals surface area contributed by atoms with E-state index in [0.29, 0.717) is 13.2 Å². The predicted molar refractivity (Wildman–Crippen MR) is 46.0 cm³/mol. The maximum atomic E-state index is 11.6. The molecule has 0 bridgehead atoms. The standard InChI is InChI=1S/C9H15NO3/c1-9(4-13-5-9)8(12)10-7-2-6(7)3-11/h6-7,11H,2-5H2,1H3,(H,10,12)/t6-,7+/m0/s1. The molecule has 1 aliphatic heterocycles. The third-order valence-electron chi connectivity index (χ3n) is 2.86. The number of amides is 1. The molecule has 1 aliphatic carbocycles. The van der Waals surface area contributed by atoms with Gasteiger partial charge in [0, 0.05) is 18.6 Å². The van der Waals surface area contributed by atoms with Crippen molar-refractivity contribution in [2.24, 2.45) is 11.3 Å². The van der Waals surface area contributed by atoms with Gasteiger partial charge in [-0.2, -0.15) is 0 Å². The molecule has 0 aromatic heterocycles. The number of rotatable bonds is 3. The number of hydrogen-bond donors (Lipinski definition) is 2. The van der Waals surface area contributed by atoms with Gasteiger partial charge in [0.15, 0.2) is 0 Å². The lowest BCUT2D eigenvalue weighted by Crippen LogP contribution is -2.52. The molecule has 2 aliphatic rings. The van der Waals surface area contributed by atoms with Crippen molar-refractivity contribution in [3.05, 3.63) is 0 Å². The van der Waals surface area contributed by atoms with Crippen LogP contribution in [-0.4, -0.2) is 36.9 Å². The van der Waals surface area contributed by atoms with Gasteiger partial charge in [-0.25, -0.2) is 0 Å². The number of aliphatic hydroxyl groups excluding tert-OH is 1. The average Bonchev–Trinajstić information content (AvgIpc) is 2.79. The Labute approximate surface area is 77.3 Å². The summed E-state index contributed by atoms with van der Waals surface area (Å²) in [6.07, 6.45) is 0.916. The van der Waals surface area contributed by atoms with Gasteiger partial charge in [-0.05, 0) is 13.3 Å². The van der Waals surface area contributed by atoms with E-state index in [4.69, 9.17) is 9.84 Å². The summed E-state index contributed by atoms with van der Waals surface area (Å²) in [6.45, 7) is 3.13. The molecule has 4 nitrogen and oxygen atoms in total. The molecule has 1 amide bonds. The van der Waals surface area contributed by atoms with Crippen LogP contribution in [0.15, 0.2) is 0 Å². The molecule has 1 saturated heterocycles. The summed E-state index contributed by atoms with van der Waals surface area (Å²) < 4.78 is 5.00. The Balaban J connectivity index is 1.79. The van der Waals surface area contributed by atoms with Gasteiger partial charge in [0.2, 0.25) is 5.91 Å². The van der Waals surface area contributed by atoms with Gasteiger partial charge in [0.1, 0.15) is 0 Å². The molecule has 1 heterocycles. The van der Waals surface area contributed by atoms with Crippen LogP contribution in [0.4, 0.5) is 0 Å². The molecule has 74 valence electrons. The lowest BCUT2D eigenvalue weighted by molar-refractivity contribution is -0.157. The van der Waals surface area contributed by atoms with Crippen molar-refractivity contribution in [2.75, 3.05) is 19.8 Å². The highest BCUT2D eigenvalue weighted by molar-refractivity contribution is 5.83. The fourth-order valence-electron chi connectivity index (χ4n) is 1.51. The van der Waals surface area contributed by atoms with Crippen LogP contribution in [0.1, 0.15) is 13.3 Å². The van der Waals surface area contributed by atoms with Crippen LogP contribution in [0.25, 0.3) is 0 Å².